The molecule has 4 unspecified atom stereocenters. The molecule has 7 atom stereocenters. The highest BCUT2D eigenvalue weighted by Gasteiger charge is 2.56. The molecule has 2 heteroatoms. The molecule has 4 aliphatic rings. The van der Waals surface area contributed by atoms with Crippen molar-refractivity contribution in [3.63, 3.8) is 0 Å². The topological polar surface area (TPSA) is 37.3 Å². The third-order valence-corrected chi connectivity index (χ3v) is 7.64. The van der Waals surface area contributed by atoms with E-state index >= 15 is 0 Å². The minimum atomic E-state index is -0.0327. The minimum absolute atomic E-state index is 0.0299. The first-order valence-electron chi connectivity index (χ1n) is 8.81. The van der Waals surface area contributed by atoms with Crippen LogP contribution in [0.1, 0.15) is 64.7 Å². The molecule has 0 aromatic rings. The van der Waals surface area contributed by atoms with E-state index in [2.05, 4.69) is 6.92 Å². The highest BCUT2D eigenvalue weighted by Crippen LogP contribution is 2.61. The Morgan fingerprint density at radius 2 is 1.80 bits per heavy atom. The van der Waals surface area contributed by atoms with Crippen molar-refractivity contribution < 1.29 is 9.90 Å². The van der Waals surface area contributed by atoms with Gasteiger partial charge in [0.2, 0.25) is 0 Å². The number of carbonyl (C=O) groups excluding carboxylic acids is 1. The van der Waals surface area contributed by atoms with Gasteiger partial charge >= 0.3 is 0 Å². The second-order valence-electron chi connectivity index (χ2n) is 8.32. The maximum atomic E-state index is 12.3. The molecule has 0 spiro atoms. The second-order valence-corrected chi connectivity index (χ2v) is 8.32. The molecule has 1 N–H and O–H groups in total. The molecule has 0 amide bonds. The first-order valence-corrected chi connectivity index (χ1v) is 8.81. The van der Waals surface area contributed by atoms with Crippen molar-refractivity contribution in [1.29, 1.82) is 0 Å². The molecule has 112 valence electrons. The average Bonchev–Trinajstić information content (AvgIpc) is 2.74. The second kappa shape index (κ2) is 4.56. The summed E-state index contributed by atoms with van der Waals surface area (Å²) in [4.78, 5) is 12.3. The van der Waals surface area contributed by atoms with Crippen LogP contribution in [-0.2, 0) is 4.79 Å². The Morgan fingerprint density at radius 1 is 1.00 bits per heavy atom. The molecule has 0 saturated heterocycles. The lowest BCUT2D eigenvalue weighted by molar-refractivity contribution is -0.133. The van der Waals surface area contributed by atoms with Crippen LogP contribution in [0.15, 0.2) is 0 Å². The predicted molar refractivity (Wildman–Crippen MR) is 78.1 cm³/mol. The molecular formula is C18H28O2. The molecule has 4 rings (SSSR count). The van der Waals surface area contributed by atoms with E-state index in [9.17, 15) is 9.90 Å². The molecule has 0 aliphatic heterocycles. The molecule has 0 aromatic heterocycles. The van der Waals surface area contributed by atoms with Crippen LogP contribution in [0, 0.1) is 35.0 Å². The van der Waals surface area contributed by atoms with Crippen molar-refractivity contribution in [2.24, 2.45) is 35.0 Å². The van der Waals surface area contributed by atoms with Gasteiger partial charge in [0, 0.05) is 11.8 Å². The molecule has 0 aromatic carbocycles. The predicted octanol–water partition coefficient (Wildman–Crippen LogP) is 3.57. The van der Waals surface area contributed by atoms with Gasteiger partial charge in [-0.3, -0.25) is 4.79 Å². The fourth-order valence-corrected chi connectivity index (χ4v) is 6.60. The summed E-state index contributed by atoms with van der Waals surface area (Å²) in [5.41, 5.74) is 0.0299. The normalized spacial score (nSPS) is 55.0. The van der Waals surface area contributed by atoms with Gasteiger partial charge in [-0.05, 0) is 81.0 Å². The van der Waals surface area contributed by atoms with Crippen molar-refractivity contribution in [3.05, 3.63) is 0 Å². The highest BCUT2D eigenvalue weighted by molar-refractivity contribution is 5.87. The zero-order valence-corrected chi connectivity index (χ0v) is 12.7. The van der Waals surface area contributed by atoms with E-state index in [1.54, 1.807) is 0 Å². The van der Waals surface area contributed by atoms with Crippen LogP contribution in [0.4, 0.5) is 0 Å². The van der Waals surface area contributed by atoms with Gasteiger partial charge in [0.25, 0.3) is 0 Å². The van der Waals surface area contributed by atoms with Crippen molar-refractivity contribution in [2.75, 3.05) is 0 Å². The first kappa shape index (κ1) is 13.3. The lowest BCUT2D eigenvalue weighted by Gasteiger charge is -2.54. The van der Waals surface area contributed by atoms with Crippen molar-refractivity contribution in [3.8, 4) is 0 Å². The Kier molecular flexibility index (Phi) is 3.03. The maximum absolute atomic E-state index is 12.3. The molecular weight excluding hydrogens is 248 g/mol. The van der Waals surface area contributed by atoms with Gasteiger partial charge in [0.1, 0.15) is 5.78 Å². The van der Waals surface area contributed by atoms with Gasteiger partial charge in [-0.25, -0.2) is 0 Å². The third kappa shape index (κ3) is 1.76. The first-order chi connectivity index (χ1) is 9.59. The Hall–Kier alpha value is -0.370. The SMILES string of the molecule is C[C@]12CCC3C(CC[C@H]4C[C@H](O)CCC34)C1CCC2=O. The number of carbonyl (C=O) groups is 1. The van der Waals surface area contributed by atoms with Gasteiger partial charge in [-0.2, -0.15) is 0 Å². The van der Waals surface area contributed by atoms with Crippen molar-refractivity contribution in [1.82, 2.24) is 0 Å². The molecule has 4 aliphatic carbocycles. The fourth-order valence-electron chi connectivity index (χ4n) is 6.60. The number of aliphatic hydroxyl groups excluding tert-OH is 1. The van der Waals surface area contributed by atoms with Crippen LogP contribution >= 0.6 is 0 Å². The molecule has 2 nitrogen and oxygen atoms in total. The summed E-state index contributed by atoms with van der Waals surface area (Å²) >= 11 is 0. The lowest BCUT2D eigenvalue weighted by atomic mass is 9.50. The van der Waals surface area contributed by atoms with E-state index in [1.807, 2.05) is 0 Å². The largest absolute Gasteiger partial charge is 0.393 e. The molecule has 0 radical (unpaired) electrons. The van der Waals surface area contributed by atoms with Gasteiger partial charge in [-0.15, -0.1) is 0 Å². The van der Waals surface area contributed by atoms with Crippen LogP contribution < -0.4 is 0 Å². The van der Waals surface area contributed by atoms with E-state index in [1.165, 1.54) is 25.7 Å². The van der Waals surface area contributed by atoms with Crippen LogP contribution in [0.3, 0.4) is 0 Å². The molecule has 4 saturated carbocycles. The average molecular weight is 276 g/mol. The summed E-state index contributed by atoms with van der Waals surface area (Å²) in [5, 5.41) is 9.93. The maximum Gasteiger partial charge on any atom is 0.139 e. The number of hydrogen-bond acceptors (Lipinski definition) is 2. The molecule has 4 fully saturated rings. The molecule has 20 heavy (non-hydrogen) atoms. The Labute approximate surface area is 122 Å². The van der Waals surface area contributed by atoms with E-state index < -0.39 is 0 Å². The highest BCUT2D eigenvalue weighted by atomic mass is 16.3. The van der Waals surface area contributed by atoms with Crippen molar-refractivity contribution >= 4 is 5.78 Å². The van der Waals surface area contributed by atoms with Crippen molar-refractivity contribution in [2.45, 2.75) is 70.8 Å². The van der Waals surface area contributed by atoms with Gasteiger partial charge in [0.15, 0.2) is 0 Å². The summed E-state index contributed by atoms with van der Waals surface area (Å²) in [5.74, 6) is 4.56. The molecule has 0 heterocycles. The van der Waals surface area contributed by atoms with Crippen LogP contribution in [0.5, 0.6) is 0 Å². The minimum Gasteiger partial charge on any atom is -0.393 e. The number of aliphatic hydroxyl groups is 1. The summed E-state index contributed by atoms with van der Waals surface area (Å²) in [7, 11) is 0. The van der Waals surface area contributed by atoms with Crippen LogP contribution in [0.2, 0.25) is 0 Å². The Balaban J connectivity index is 1.58. The molecule has 0 bridgehead atoms. The van der Waals surface area contributed by atoms with E-state index in [0.29, 0.717) is 11.7 Å². The fraction of sp³-hybridized carbons (Fsp3) is 0.944. The number of rotatable bonds is 0. The zero-order valence-electron chi connectivity index (χ0n) is 12.7. The summed E-state index contributed by atoms with van der Waals surface area (Å²) in [6, 6.07) is 0. The quantitative estimate of drug-likeness (QED) is 0.734. The number of hydrogen-bond donors (Lipinski definition) is 1. The Morgan fingerprint density at radius 3 is 2.65 bits per heavy atom. The summed E-state index contributed by atoms with van der Waals surface area (Å²) in [6.45, 7) is 2.26. The van der Waals surface area contributed by atoms with Crippen LogP contribution in [-0.4, -0.2) is 17.0 Å². The third-order valence-electron chi connectivity index (χ3n) is 7.64. The van der Waals surface area contributed by atoms with Gasteiger partial charge in [-0.1, -0.05) is 6.92 Å². The lowest BCUT2D eigenvalue weighted by Crippen LogP contribution is -2.49. The number of ketones is 1. The monoisotopic (exact) mass is 276 g/mol. The van der Waals surface area contributed by atoms with Gasteiger partial charge < -0.3 is 5.11 Å². The summed E-state index contributed by atoms with van der Waals surface area (Å²) in [6.07, 6.45) is 10.3. The van der Waals surface area contributed by atoms with E-state index in [0.717, 1.165) is 55.8 Å². The van der Waals surface area contributed by atoms with Crippen LogP contribution in [0.25, 0.3) is 0 Å². The van der Waals surface area contributed by atoms with E-state index in [-0.39, 0.29) is 11.5 Å². The van der Waals surface area contributed by atoms with Gasteiger partial charge in [0.05, 0.1) is 6.10 Å². The summed E-state index contributed by atoms with van der Waals surface area (Å²) < 4.78 is 0. The number of Topliss-reactive ketones (excluding diaryl/α,β-unsaturated/α-hetero) is 1. The number of fused-ring (bicyclic) bond motifs is 5. The van der Waals surface area contributed by atoms with E-state index in [4.69, 9.17) is 0 Å². The smallest absolute Gasteiger partial charge is 0.139 e. The Bertz CT molecular complexity index is 418. The zero-order chi connectivity index (χ0) is 13.9. The standard InChI is InChI=1S/C18H28O2/c1-18-9-8-14-13-5-3-12(19)10-11(13)2-4-15(14)16(18)6-7-17(18)20/h11-16,19H,2-10H2,1H3/t11-,12+,13?,14?,15?,16?,18-/m0/s1.